The van der Waals surface area contributed by atoms with E-state index in [1.807, 2.05) is 0 Å². The average Bonchev–Trinajstić information content (AvgIpc) is 2.82. The first-order chi connectivity index (χ1) is 8.21. The number of carbonyl (C=O) groups is 1. The lowest BCUT2D eigenvalue weighted by atomic mass is 10.1. The van der Waals surface area contributed by atoms with Crippen molar-refractivity contribution < 1.29 is 13.9 Å². The number of rotatable bonds is 7. The van der Waals surface area contributed by atoms with Crippen molar-refractivity contribution in [3.8, 4) is 0 Å². The highest BCUT2D eigenvalue weighted by molar-refractivity contribution is 5.86. The third-order valence-electron chi connectivity index (χ3n) is 2.74. The molecule has 0 bridgehead atoms. The first kappa shape index (κ1) is 13.8. The van der Waals surface area contributed by atoms with Crippen molar-refractivity contribution in [1.82, 2.24) is 5.32 Å². The number of carbonyl (C=O) groups excluding carboxylic acids is 1. The van der Waals surface area contributed by atoms with Gasteiger partial charge >= 0.3 is 5.97 Å². The SMILES string of the molecule is CCCC(CC)NCc1ccc(C(=O)OC)o1. The van der Waals surface area contributed by atoms with Gasteiger partial charge in [0.05, 0.1) is 13.7 Å². The second kappa shape index (κ2) is 7.12. The maximum atomic E-state index is 11.2. The molecule has 0 aromatic carbocycles. The molecule has 1 aromatic rings. The predicted molar refractivity (Wildman–Crippen MR) is 65.9 cm³/mol. The number of nitrogens with one attached hydrogen (secondary N) is 1. The maximum absolute atomic E-state index is 11.2. The zero-order valence-corrected chi connectivity index (χ0v) is 10.8. The van der Waals surface area contributed by atoms with Crippen LogP contribution >= 0.6 is 0 Å². The standard InChI is InChI=1S/C13H21NO3/c1-4-6-10(5-2)14-9-11-7-8-12(17-11)13(15)16-3/h7-8,10,14H,4-6,9H2,1-3H3. The van der Waals surface area contributed by atoms with Crippen molar-refractivity contribution in [1.29, 1.82) is 0 Å². The van der Waals surface area contributed by atoms with Gasteiger partial charge in [0, 0.05) is 6.04 Å². The molecule has 96 valence electrons. The van der Waals surface area contributed by atoms with Gasteiger partial charge in [0.15, 0.2) is 0 Å². The molecule has 17 heavy (non-hydrogen) atoms. The molecular weight excluding hydrogens is 218 g/mol. The lowest BCUT2D eigenvalue weighted by molar-refractivity contribution is 0.0563. The highest BCUT2D eigenvalue weighted by Gasteiger charge is 2.11. The molecule has 4 heteroatoms. The largest absolute Gasteiger partial charge is 0.463 e. The van der Waals surface area contributed by atoms with E-state index in [2.05, 4.69) is 23.9 Å². The summed E-state index contributed by atoms with van der Waals surface area (Å²) in [4.78, 5) is 11.2. The first-order valence-corrected chi connectivity index (χ1v) is 6.11. The van der Waals surface area contributed by atoms with Crippen LogP contribution in [0.5, 0.6) is 0 Å². The van der Waals surface area contributed by atoms with Crippen molar-refractivity contribution >= 4 is 5.97 Å². The van der Waals surface area contributed by atoms with E-state index in [9.17, 15) is 4.79 Å². The van der Waals surface area contributed by atoms with E-state index in [4.69, 9.17) is 4.42 Å². The fourth-order valence-corrected chi connectivity index (χ4v) is 1.73. The smallest absolute Gasteiger partial charge is 0.373 e. The number of furan rings is 1. The van der Waals surface area contributed by atoms with Gasteiger partial charge in [-0.05, 0) is 25.0 Å². The number of esters is 1. The Morgan fingerprint density at radius 2 is 2.24 bits per heavy atom. The maximum Gasteiger partial charge on any atom is 0.373 e. The Morgan fingerprint density at radius 3 is 2.82 bits per heavy atom. The zero-order valence-electron chi connectivity index (χ0n) is 10.8. The molecule has 0 saturated heterocycles. The van der Waals surface area contributed by atoms with Gasteiger partial charge in [-0.2, -0.15) is 0 Å². The van der Waals surface area contributed by atoms with Crippen molar-refractivity contribution in [3.63, 3.8) is 0 Å². The second-order valence-electron chi connectivity index (χ2n) is 4.03. The molecule has 1 unspecified atom stereocenters. The second-order valence-corrected chi connectivity index (χ2v) is 4.03. The minimum atomic E-state index is -0.433. The summed E-state index contributed by atoms with van der Waals surface area (Å²) < 4.78 is 9.95. The lowest BCUT2D eigenvalue weighted by Crippen LogP contribution is -2.27. The van der Waals surface area contributed by atoms with E-state index < -0.39 is 5.97 Å². The van der Waals surface area contributed by atoms with Gasteiger partial charge in [-0.15, -0.1) is 0 Å². The number of hydrogen-bond acceptors (Lipinski definition) is 4. The number of hydrogen-bond donors (Lipinski definition) is 1. The molecule has 0 fully saturated rings. The summed E-state index contributed by atoms with van der Waals surface area (Å²) in [6.07, 6.45) is 3.41. The number of methoxy groups -OCH3 is 1. The molecule has 1 heterocycles. The van der Waals surface area contributed by atoms with Crippen molar-refractivity contribution in [3.05, 3.63) is 23.7 Å². The van der Waals surface area contributed by atoms with Crippen LogP contribution in [0.2, 0.25) is 0 Å². The van der Waals surface area contributed by atoms with E-state index in [1.165, 1.54) is 7.11 Å². The summed E-state index contributed by atoms with van der Waals surface area (Å²) >= 11 is 0. The molecule has 1 rings (SSSR count). The first-order valence-electron chi connectivity index (χ1n) is 6.11. The molecule has 0 saturated carbocycles. The molecule has 0 amide bonds. The van der Waals surface area contributed by atoms with E-state index in [1.54, 1.807) is 12.1 Å². The van der Waals surface area contributed by atoms with Crippen LogP contribution in [0.1, 0.15) is 49.4 Å². The van der Waals surface area contributed by atoms with E-state index >= 15 is 0 Å². The fourth-order valence-electron chi connectivity index (χ4n) is 1.73. The molecular formula is C13H21NO3. The van der Waals surface area contributed by atoms with Gasteiger partial charge in [-0.3, -0.25) is 0 Å². The van der Waals surface area contributed by atoms with Gasteiger partial charge in [0.1, 0.15) is 5.76 Å². The van der Waals surface area contributed by atoms with E-state index in [0.29, 0.717) is 12.6 Å². The summed E-state index contributed by atoms with van der Waals surface area (Å²) in [5, 5.41) is 3.41. The summed E-state index contributed by atoms with van der Waals surface area (Å²) in [6, 6.07) is 3.95. The average molecular weight is 239 g/mol. The van der Waals surface area contributed by atoms with Crippen LogP contribution in [-0.2, 0) is 11.3 Å². The summed E-state index contributed by atoms with van der Waals surface area (Å²) in [6.45, 7) is 4.98. The highest BCUT2D eigenvalue weighted by atomic mass is 16.5. The van der Waals surface area contributed by atoms with Crippen LogP contribution in [0.3, 0.4) is 0 Å². The number of ether oxygens (including phenoxy) is 1. The zero-order chi connectivity index (χ0) is 12.7. The Bertz CT molecular complexity index is 346. The monoisotopic (exact) mass is 239 g/mol. The molecule has 0 aliphatic rings. The molecule has 0 radical (unpaired) electrons. The minimum absolute atomic E-state index is 0.257. The molecule has 1 aromatic heterocycles. The van der Waals surface area contributed by atoms with Crippen molar-refractivity contribution in [2.45, 2.75) is 45.7 Å². The van der Waals surface area contributed by atoms with Crippen LogP contribution in [0.15, 0.2) is 16.5 Å². The molecule has 0 aliphatic heterocycles. The van der Waals surface area contributed by atoms with Gasteiger partial charge < -0.3 is 14.5 Å². The highest BCUT2D eigenvalue weighted by Crippen LogP contribution is 2.10. The summed E-state index contributed by atoms with van der Waals surface area (Å²) in [7, 11) is 1.34. The Kier molecular flexibility index (Phi) is 5.77. The van der Waals surface area contributed by atoms with E-state index in [-0.39, 0.29) is 5.76 Å². The topological polar surface area (TPSA) is 51.5 Å². The minimum Gasteiger partial charge on any atom is -0.463 e. The summed E-state index contributed by atoms with van der Waals surface area (Å²) in [5.74, 6) is 0.588. The van der Waals surface area contributed by atoms with Gasteiger partial charge in [-0.25, -0.2) is 4.79 Å². The predicted octanol–water partition coefficient (Wildman–Crippen LogP) is 2.73. The normalized spacial score (nSPS) is 12.4. The lowest BCUT2D eigenvalue weighted by Gasteiger charge is -2.14. The molecule has 0 aliphatic carbocycles. The Morgan fingerprint density at radius 1 is 1.47 bits per heavy atom. The van der Waals surface area contributed by atoms with Crippen LogP contribution in [0.25, 0.3) is 0 Å². The van der Waals surface area contributed by atoms with Gasteiger partial charge in [-0.1, -0.05) is 20.3 Å². The fraction of sp³-hybridized carbons (Fsp3) is 0.615. The Balaban J connectivity index is 2.46. The van der Waals surface area contributed by atoms with Crippen molar-refractivity contribution in [2.75, 3.05) is 7.11 Å². The molecule has 1 atom stereocenters. The summed E-state index contributed by atoms with van der Waals surface area (Å²) in [5.41, 5.74) is 0. The Labute approximate surface area is 102 Å². The van der Waals surface area contributed by atoms with Gasteiger partial charge in [0.25, 0.3) is 0 Å². The van der Waals surface area contributed by atoms with Gasteiger partial charge in [0.2, 0.25) is 5.76 Å². The third kappa shape index (κ3) is 4.23. The molecule has 0 spiro atoms. The van der Waals surface area contributed by atoms with Crippen LogP contribution in [0, 0.1) is 0 Å². The third-order valence-corrected chi connectivity index (χ3v) is 2.74. The Hall–Kier alpha value is -1.29. The van der Waals surface area contributed by atoms with Crippen molar-refractivity contribution in [2.24, 2.45) is 0 Å². The van der Waals surface area contributed by atoms with Crippen LogP contribution < -0.4 is 5.32 Å². The van der Waals surface area contributed by atoms with Crippen LogP contribution in [-0.4, -0.2) is 19.1 Å². The van der Waals surface area contributed by atoms with E-state index in [0.717, 1.165) is 25.0 Å². The molecule has 4 nitrogen and oxygen atoms in total. The quantitative estimate of drug-likeness (QED) is 0.743. The molecule has 1 N–H and O–H groups in total. The van der Waals surface area contributed by atoms with Crippen LogP contribution in [0.4, 0.5) is 0 Å².